The summed E-state index contributed by atoms with van der Waals surface area (Å²) in [7, 11) is 0. The summed E-state index contributed by atoms with van der Waals surface area (Å²) in [6, 6.07) is 13.0. The van der Waals surface area contributed by atoms with Gasteiger partial charge in [0.15, 0.2) is 0 Å². The monoisotopic (exact) mass is 315 g/mol. The zero-order valence-electron chi connectivity index (χ0n) is 14.5. The molecular formula is C21H21N3. The predicted molar refractivity (Wildman–Crippen MR) is 99.5 cm³/mol. The molecule has 0 aliphatic heterocycles. The summed E-state index contributed by atoms with van der Waals surface area (Å²) in [5.41, 5.74) is 6.80. The fourth-order valence-electron chi connectivity index (χ4n) is 3.35. The van der Waals surface area contributed by atoms with E-state index >= 15 is 0 Å². The fraction of sp³-hybridized carbons (Fsp3) is 0.238. The van der Waals surface area contributed by atoms with Crippen molar-refractivity contribution in [2.75, 3.05) is 0 Å². The number of hydrogen-bond donors (Lipinski definition) is 0. The lowest BCUT2D eigenvalue weighted by molar-refractivity contribution is 0.868. The van der Waals surface area contributed by atoms with Crippen LogP contribution in [0.5, 0.6) is 0 Å². The van der Waals surface area contributed by atoms with Crippen molar-refractivity contribution < 1.29 is 0 Å². The van der Waals surface area contributed by atoms with E-state index in [9.17, 15) is 0 Å². The van der Waals surface area contributed by atoms with E-state index in [2.05, 4.69) is 73.5 Å². The molecule has 24 heavy (non-hydrogen) atoms. The summed E-state index contributed by atoms with van der Waals surface area (Å²) in [4.78, 5) is 9.27. The second kappa shape index (κ2) is 5.45. The largest absolute Gasteiger partial charge is 0.295 e. The number of nitrogens with zero attached hydrogens (tertiary/aromatic N) is 3. The standard InChI is InChI=1S/C21H21N3/c1-13(2)17-7-6-16-9-10-22-20(18(16)11-17)21-14(3)5-8-19-23-12-15(4)24(19)21/h5-13H,1-4H3. The van der Waals surface area contributed by atoms with Crippen LogP contribution in [-0.4, -0.2) is 14.4 Å². The van der Waals surface area contributed by atoms with Crippen molar-refractivity contribution in [1.82, 2.24) is 14.4 Å². The average Bonchev–Trinajstić information content (AvgIpc) is 2.95. The number of aryl methyl sites for hydroxylation is 2. The van der Waals surface area contributed by atoms with E-state index in [0.717, 1.165) is 22.7 Å². The van der Waals surface area contributed by atoms with Gasteiger partial charge in [0.1, 0.15) is 5.65 Å². The molecule has 0 saturated carbocycles. The first kappa shape index (κ1) is 14.9. The molecule has 0 aliphatic carbocycles. The molecule has 3 heteroatoms. The first-order chi connectivity index (χ1) is 11.6. The van der Waals surface area contributed by atoms with Crippen LogP contribution in [0.4, 0.5) is 0 Å². The van der Waals surface area contributed by atoms with Gasteiger partial charge in [-0.3, -0.25) is 9.38 Å². The molecule has 0 radical (unpaired) electrons. The van der Waals surface area contributed by atoms with Crippen LogP contribution in [0.3, 0.4) is 0 Å². The van der Waals surface area contributed by atoms with Crippen molar-refractivity contribution in [2.45, 2.75) is 33.6 Å². The van der Waals surface area contributed by atoms with Crippen LogP contribution in [0, 0.1) is 13.8 Å². The topological polar surface area (TPSA) is 30.2 Å². The van der Waals surface area contributed by atoms with Gasteiger partial charge < -0.3 is 0 Å². The Morgan fingerprint density at radius 1 is 0.958 bits per heavy atom. The van der Waals surface area contributed by atoms with Crippen molar-refractivity contribution in [2.24, 2.45) is 0 Å². The molecule has 4 aromatic rings. The van der Waals surface area contributed by atoms with E-state index in [0.29, 0.717) is 5.92 Å². The minimum Gasteiger partial charge on any atom is -0.295 e. The lowest BCUT2D eigenvalue weighted by atomic mass is 9.97. The van der Waals surface area contributed by atoms with Gasteiger partial charge in [-0.15, -0.1) is 0 Å². The van der Waals surface area contributed by atoms with Crippen LogP contribution in [0.25, 0.3) is 27.8 Å². The quantitative estimate of drug-likeness (QED) is 0.503. The predicted octanol–water partition coefficient (Wildman–Crippen LogP) is 5.29. The highest BCUT2D eigenvalue weighted by atomic mass is 15.0. The van der Waals surface area contributed by atoms with E-state index in [-0.39, 0.29) is 0 Å². The van der Waals surface area contributed by atoms with Crippen LogP contribution < -0.4 is 0 Å². The van der Waals surface area contributed by atoms with Crippen molar-refractivity contribution in [3.8, 4) is 11.4 Å². The number of hydrogen-bond acceptors (Lipinski definition) is 2. The van der Waals surface area contributed by atoms with E-state index in [1.165, 1.54) is 21.9 Å². The second-order valence-corrected chi connectivity index (χ2v) is 6.75. The van der Waals surface area contributed by atoms with Gasteiger partial charge in [0.05, 0.1) is 11.4 Å². The van der Waals surface area contributed by atoms with E-state index in [1.807, 2.05) is 12.4 Å². The van der Waals surface area contributed by atoms with E-state index in [4.69, 9.17) is 4.98 Å². The summed E-state index contributed by atoms with van der Waals surface area (Å²) in [5, 5.41) is 2.42. The average molecular weight is 315 g/mol. The van der Waals surface area contributed by atoms with Crippen molar-refractivity contribution in [3.05, 3.63) is 65.6 Å². The lowest BCUT2D eigenvalue weighted by Crippen LogP contribution is -2.00. The number of fused-ring (bicyclic) bond motifs is 2. The minimum atomic E-state index is 0.495. The first-order valence-electron chi connectivity index (χ1n) is 8.39. The van der Waals surface area contributed by atoms with E-state index in [1.54, 1.807) is 0 Å². The zero-order chi connectivity index (χ0) is 16.8. The smallest absolute Gasteiger partial charge is 0.137 e. The van der Waals surface area contributed by atoms with Crippen molar-refractivity contribution in [1.29, 1.82) is 0 Å². The number of imidazole rings is 1. The Labute approximate surface area is 142 Å². The maximum absolute atomic E-state index is 4.76. The Morgan fingerprint density at radius 2 is 1.79 bits per heavy atom. The molecule has 3 aromatic heterocycles. The summed E-state index contributed by atoms with van der Waals surface area (Å²) in [6.07, 6.45) is 3.82. The van der Waals surface area contributed by atoms with Gasteiger partial charge in [-0.2, -0.15) is 0 Å². The molecule has 120 valence electrons. The van der Waals surface area contributed by atoms with Crippen LogP contribution in [-0.2, 0) is 0 Å². The molecule has 0 N–H and O–H groups in total. The van der Waals surface area contributed by atoms with Gasteiger partial charge in [0, 0.05) is 23.5 Å². The molecular weight excluding hydrogens is 294 g/mol. The SMILES string of the molecule is Cc1ccc2ncc(C)n2c1-c1nccc2ccc(C(C)C)cc12. The molecule has 0 spiro atoms. The highest BCUT2D eigenvalue weighted by Gasteiger charge is 2.15. The van der Waals surface area contributed by atoms with Gasteiger partial charge in [0.2, 0.25) is 0 Å². The second-order valence-electron chi connectivity index (χ2n) is 6.75. The molecule has 0 saturated heterocycles. The third kappa shape index (κ3) is 2.20. The fourth-order valence-corrected chi connectivity index (χ4v) is 3.35. The molecule has 0 bridgehead atoms. The maximum atomic E-state index is 4.76. The van der Waals surface area contributed by atoms with Crippen molar-refractivity contribution >= 4 is 16.4 Å². The normalized spacial score (nSPS) is 11.7. The molecule has 0 aliphatic rings. The number of aromatic nitrogens is 3. The van der Waals surface area contributed by atoms with Gasteiger partial charge in [-0.25, -0.2) is 4.98 Å². The summed E-state index contributed by atoms with van der Waals surface area (Å²) >= 11 is 0. The molecule has 3 nitrogen and oxygen atoms in total. The Kier molecular flexibility index (Phi) is 3.38. The minimum absolute atomic E-state index is 0.495. The highest BCUT2D eigenvalue weighted by Crippen LogP contribution is 2.32. The van der Waals surface area contributed by atoms with Gasteiger partial charge in [0.25, 0.3) is 0 Å². The maximum Gasteiger partial charge on any atom is 0.137 e. The Balaban J connectivity index is 2.12. The molecule has 0 fully saturated rings. The molecule has 0 unspecified atom stereocenters. The van der Waals surface area contributed by atoms with Gasteiger partial charge in [-0.1, -0.05) is 32.0 Å². The Hall–Kier alpha value is -2.68. The summed E-state index contributed by atoms with van der Waals surface area (Å²) < 4.78 is 2.21. The molecule has 4 rings (SSSR count). The molecule has 0 atom stereocenters. The summed E-state index contributed by atoms with van der Waals surface area (Å²) in [5.74, 6) is 0.495. The lowest BCUT2D eigenvalue weighted by Gasteiger charge is -2.14. The highest BCUT2D eigenvalue weighted by molar-refractivity contribution is 5.95. The van der Waals surface area contributed by atoms with Crippen LogP contribution in [0.1, 0.15) is 36.6 Å². The number of pyridine rings is 2. The third-order valence-corrected chi connectivity index (χ3v) is 4.73. The first-order valence-corrected chi connectivity index (χ1v) is 8.39. The Bertz CT molecular complexity index is 1060. The van der Waals surface area contributed by atoms with Gasteiger partial charge in [-0.05, 0) is 54.5 Å². The van der Waals surface area contributed by atoms with Crippen LogP contribution in [0.2, 0.25) is 0 Å². The molecule has 1 aromatic carbocycles. The van der Waals surface area contributed by atoms with E-state index < -0.39 is 0 Å². The number of rotatable bonds is 2. The zero-order valence-corrected chi connectivity index (χ0v) is 14.5. The Morgan fingerprint density at radius 3 is 2.58 bits per heavy atom. The third-order valence-electron chi connectivity index (χ3n) is 4.73. The van der Waals surface area contributed by atoms with Crippen molar-refractivity contribution in [3.63, 3.8) is 0 Å². The molecule has 3 heterocycles. The van der Waals surface area contributed by atoms with Crippen LogP contribution >= 0.6 is 0 Å². The summed E-state index contributed by atoms with van der Waals surface area (Å²) in [6.45, 7) is 8.68. The molecule has 0 amide bonds. The van der Waals surface area contributed by atoms with Crippen LogP contribution in [0.15, 0.2) is 48.8 Å². The number of benzene rings is 1. The van der Waals surface area contributed by atoms with Gasteiger partial charge >= 0.3 is 0 Å².